The lowest BCUT2D eigenvalue weighted by atomic mass is 9.99. The van der Waals surface area contributed by atoms with Crippen molar-refractivity contribution in [2.75, 3.05) is 0 Å². The van der Waals surface area contributed by atoms with Crippen LogP contribution in [0.15, 0.2) is 23.0 Å². The molecule has 0 spiro atoms. The Bertz CT molecular complexity index is 296. The molecule has 4 heteroatoms. The third-order valence-electron chi connectivity index (χ3n) is 2.61. The summed E-state index contributed by atoms with van der Waals surface area (Å²) in [6.07, 6.45) is 4.09. The number of nitrogens with one attached hydrogen (secondary N) is 1. The van der Waals surface area contributed by atoms with Gasteiger partial charge in [-0.15, -0.1) is 0 Å². The third kappa shape index (κ3) is 3.40. The van der Waals surface area contributed by atoms with Gasteiger partial charge in [-0.1, -0.05) is 20.3 Å². The molecule has 0 unspecified atom stereocenters. The minimum atomic E-state index is -0.429. The van der Waals surface area contributed by atoms with Crippen LogP contribution in [0.1, 0.15) is 25.8 Å². The molecule has 1 amide bonds. The molecule has 0 aliphatic rings. The maximum absolute atomic E-state index is 11.6. The highest BCUT2D eigenvalue weighted by Gasteiger charge is 2.18. The van der Waals surface area contributed by atoms with Crippen LogP contribution in [0.5, 0.6) is 0 Å². The highest BCUT2D eigenvalue weighted by atomic mass is 16.3. The Morgan fingerprint density at radius 2 is 2.40 bits per heavy atom. The predicted molar refractivity (Wildman–Crippen MR) is 58.0 cm³/mol. The summed E-state index contributed by atoms with van der Waals surface area (Å²) >= 11 is 0. The maximum Gasteiger partial charge on any atom is 0.237 e. The quantitative estimate of drug-likeness (QED) is 0.769. The van der Waals surface area contributed by atoms with Crippen molar-refractivity contribution < 1.29 is 9.21 Å². The molecule has 0 radical (unpaired) electrons. The van der Waals surface area contributed by atoms with Gasteiger partial charge in [0.1, 0.15) is 0 Å². The highest BCUT2D eigenvalue weighted by Crippen LogP contribution is 2.05. The first-order valence-corrected chi connectivity index (χ1v) is 5.19. The zero-order valence-corrected chi connectivity index (χ0v) is 9.19. The number of amides is 1. The molecule has 1 heterocycles. The Hall–Kier alpha value is -1.29. The summed E-state index contributed by atoms with van der Waals surface area (Å²) in [5, 5.41) is 2.78. The van der Waals surface area contributed by atoms with E-state index in [9.17, 15) is 4.79 Å². The number of nitrogens with two attached hydrogens (primary N) is 1. The summed E-state index contributed by atoms with van der Waals surface area (Å²) in [7, 11) is 0. The number of carbonyl (C=O) groups excluding carboxylic acids is 1. The van der Waals surface area contributed by atoms with Gasteiger partial charge >= 0.3 is 0 Å². The van der Waals surface area contributed by atoms with Crippen LogP contribution in [0.25, 0.3) is 0 Å². The molecule has 0 aromatic carbocycles. The van der Waals surface area contributed by atoms with Crippen molar-refractivity contribution in [1.29, 1.82) is 0 Å². The number of carbonyl (C=O) groups is 1. The summed E-state index contributed by atoms with van der Waals surface area (Å²) < 4.78 is 4.89. The van der Waals surface area contributed by atoms with E-state index in [0.717, 1.165) is 12.0 Å². The van der Waals surface area contributed by atoms with Crippen LogP contribution < -0.4 is 11.1 Å². The van der Waals surface area contributed by atoms with Crippen molar-refractivity contribution in [2.24, 2.45) is 11.7 Å². The number of furan rings is 1. The van der Waals surface area contributed by atoms with Gasteiger partial charge in [0.05, 0.1) is 18.6 Å². The Balaban J connectivity index is 2.36. The minimum absolute atomic E-state index is 0.106. The standard InChI is InChI=1S/C11H18N2O2/c1-3-8(2)10(12)11(14)13-6-9-4-5-15-7-9/h4-5,7-8,10H,3,6,12H2,1-2H3,(H,13,14)/t8-,10-/m0/s1. The van der Waals surface area contributed by atoms with Gasteiger partial charge in [-0.05, 0) is 12.0 Å². The molecule has 0 bridgehead atoms. The molecule has 84 valence electrons. The molecule has 15 heavy (non-hydrogen) atoms. The van der Waals surface area contributed by atoms with Gasteiger partial charge in [-0.25, -0.2) is 0 Å². The van der Waals surface area contributed by atoms with Gasteiger partial charge in [0.2, 0.25) is 5.91 Å². The average molecular weight is 210 g/mol. The van der Waals surface area contributed by atoms with E-state index >= 15 is 0 Å². The highest BCUT2D eigenvalue weighted by molar-refractivity contribution is 5.81. The largest absolute Gasteiger partial charge is 0.472 e. The molecule has 0 aliphatic heterocycles. The fourth-order valence-corrected chi connectivity index (χ4v) is 1.21. The van der Waals surface area contributed by atoms with E-state index in [1.165, 1.54) is 0 Å². The summed E-state index contributed by atoms with van der Waals surface area (Å²) in [6, 6.07) is 1.39. The van der Waals surface area contributed by atoms with Crippen LogP contribution in [0.4, 0.5) is 0 Å². The van der Waals surface area contributed by atoms with Gasteiger partial charge in [0.25, 0.3) is 0 Å². The van der Waals surface area contributed by atoms with Crippen molar-refractivity contribution in [3.05, 3.63) is 24.2 Å². The molecule has 4 nitrogen and oxygen atoms in total. The average Bonchev–Trinajstić information content (AvgIpc) is 2.76. The maximum atomic E-state index is 11.6. The van der Waals surface area contributed by atoms with Gasteiger partial charge in [-0.3, -0.25) is 4.79 Å². The molecular weight excluding hydrogens is 192 g/mol. The second kappa shape index (κ2) is 5.56. The first kappa shape index (κ1) is 11.8. The van der Waals surface area contributed by atoms with E-state index in [0.29, 0.717) is 6.54 Å². The van der Waals surface area contributed by atoms with Crippen LogP contribution >= 0.6 is 0 Å². The normalized spacial score (nSPS) is 14.6. The Labute approximate surface area is 89.8 Å². The Morgan fingerprint density at radius 3 is 2.93 bits per heavy atom. The van der Waals surface area contributed by atoms with Gasteiger partial charge < -0.3 is 15.5 Å². The van der Waals surface area contributed by atoms with Crippen LogP contribution in [-0.2, 0) is 11.3 Å². The third-order valence-corrected chi connectivity index (χ3v) is 2.61. The SMILES string of the molecule is CC[C@H](C)[C@H](N)C(=O)NCc1ccoc1. The molecule has 0 saturated carbocycles. The summed E-state index contributed by atoms with van der Waals surface area (Å²) in [5.41, 5.74) is 6.72. The lowest BCUT2D eigenvalue weighted by Crippen LogP contribution is -2.44. The fraction of sp³-hybridized carbons (Fsp3) is 0.545. The van der Waals surface area contributed by atoms with E-state index in [-0.39, 0.29) is 11.8 Å². The summed E-state index contributed by atoms with van der Waals surface area (Å²) in [4.78, 5) is 11.6. The number of hydrogen-bond acceptors (Lipinski definition) is 3. The van der Waals surface area contributed by atoms with Crippen LogP contribution in [-0.4, -0.2) is 11.9 Å². The van der Waals surface area contributed by atoms with E-state index in [1.807, 2.05) is 19.9 Å². The number of rotatable bonds is 5. The molecule has 0 aliphatic carbocycles. The second-order valence-corrected chi connectivity index (χ2v) is 3.76. The summed E-state index contributed by atoms with van der Waals surface area (Å²) in [6.45, 7) is 4.47. The predicted octanol–water partition coefficient (Wildman–Crippen LogP) is 1.27. The summed E-state index contributed by atoms with van der Waals surface area (Å²) in [5.74, 6) is 0.0971. The van der Waals surface area contributed by atoms with Crippen molar-refractivity contribution in [3.8, 4) is 0 Å². The molecule has 1 aromatic rings. The van der Waals surface area contributed by atoms with Crippen LogP contribution in [0, 0.1) is 5.92 Å². The fourth-order valence-electron chi connectivity index (χ4n) is 1.21. The minimum Gasteiger partial charge on any atom is -0.472 e. The number of hydrogen-bond donors (Lipinski definition) is 2. The zero-order valence-electron chi connectivity index (χ0n) is 9.19. The molecule has 1 rings (SSSR count). The molecular formula is C11H18N2O2. The smallest absolute Gasteiger partial charge is 0.237 e. The molecule has 2 atom stereocenters. The van der Waals surface area contributed by atoms with E-state index in [4.69, 9.17) is 10.2 Å². The lowest BCUT2D eigenvalue weighted by Gasteiger charge is -2.17. The van der Waals surface area contributed by atoms with Crippen molar-refractivity contribution >= 4 is 5.91 Å². The second-order valence-electron chi connectivity index (χ2n) is 3.76. The van der Waals surface area contributed by atoms with E-state index in [2.05, 4.69) is 5.32 Å². The monoisotopic (exact) mass is 210 g/mol. The van der Waals surface area contributed by atoms with Gasteiger partial charge in [0, 0.05) is 12.1 Å². The van der Waals surface area contributed by atoms with Crippen LogP contribution in [0.2, 0.25) is 0 Å². The van der Waals surface area contributed by atoms with Crippen molar-refractivity contribution in [2.45, 2.75) is 32.9 Å². The lowest BCUT2D eigenvalue weighted by molar-refractivity contribution is -0.123. The Morgan fingerprint density at radius 1 is 1.67 bits per heavy atom. The zero-order chi connectivity index (χ0) is 11.3. The van der Waals surface area contributed by atoms with Crippen molar-refractivity contribution in [3.63, 3.8) is 0 Å². The first-order chi connectivity index (χ1) is 7.15. The van der Waals surface area contributed by atoms with Crippen molar-refractivity contribution in [1.82, 2.24) is 5.32 Å². The van der Waals surface area contributed by atoms with Gasteiger partial charge in [-0.2, -0.15) is 0 Å². The van der Waals surface area contributed by atoms with Gasteiger partial charge in [0.15, 0.2) is 0 Å². The molecule has 3 N–H and O–H groups in total. The molecule has 0 saturated heterocycles. The molecule has 0 fully saturated rings. The molecule has 1 aromatic heterocycles. The van der Waals surface area contributed by atoms with E-state index in [1.54, 1.807) is 12.5 Å². The first-order valence-electron chi connectivity index (χ1n) is 5.19. The Kier molecular flexibility index (Phi) is 4.37. The van der Waals surface area contributed by atoms with Crippen LogP contribution in [0.3, 0.4) is 0 Å². The topological polar surface area (TPSA) is 68.3 Å². The van der Waals surface area contributed by atoms with E-state index < -0.39 is 6.04 Å².